The van der Waals surface area contributed by atoms with E-state index in [9.17, 15) is 13.2 Å². The first-order chi connectivity index (χ1) is 6.01. The molecular weight excluding hydrogens is 214 g/mol. The smallest absolute Gasteiger partial charge is 0.236 e. The van der Waals surface area contributed by atoms with Gasteiger partial charge in [0.1, 0.15) is 5.69 Å². The van der Waals surface area contributed by atoms with Crippen LogP contribution in [0, 0.1) is 0 Å². The molecule has 1 aromatic rings. The zero-order valence-electron chi connectivity index (χ0n) is 6.47. The summed E-state index contributed by atoms with van der Waals surface area (Å²) in [5.74, 6) is -0.294. The minimum absolute atomic E-state index is 0.192. The van der Waals surface area contributed by atoms with E-state index in [1.807, 2.05) is 0 Å². The van der Waals surface area contributed by atoms with Crippen LogP contribution in [0.25, 0.3) is 0 Å². The van der Waals surface area contributed by atoms with Crippen molar-refractivity contribution in [3.63, 3.8) is 0 Å². The number of aldehydes is 1. The number of hydrogen-bond donors (Lipinski definition) is 0. The molecule has 0 aliphatic heterocycles. The highest BCUT2D eigenvalue weighted by Crippen LogP contribution is 2.09. The predicted molar refractivity (Wildman–Crippen MR) is 48.1 cm³/mol. The third-order valence-electron chi connectivity index (χ3n) is 1.31. The van der Waals surface area contributed by atoms with Crippen LogP contribution in [0.4, 0.5) is 0 Å². The Morgan fingerprint density at radius 3 is 2.77 bits per heavy atom. The van der Waals surface area contributed by atoms with Gasteiger partial charge in [-0.15, -0.1) is 0 Å². The fraction of sp³-hybridized carbons (Fsp3) is 0.143. The number of pyridine rings is 1. The largest absolute Gasteiger partial charge is 0.296 e. The molecule has 1 aromatic heterocycles. The maximum absolute atomic E-state index is 10.7. The highest BCUT2D eigenvalue weighted by Gasteiger charge is 2.07. The summed E-state index contributed by atoms with van der Waals surface area (Å²) in [6.07, 6.45) is 1.91. The molecule has 1 heterocycles. The lowest BCUT2D eigenvalue weighted by Gasteiger charge is -1.97. The van der Waals surface area contributed by atoms with Gasteiger partial charge in [0.05, 0.1) is 5.75 Å². The van der Waals surface area contributed by atoms with Crippen molar-refractivity contribution in [2.24, 2.45) is 0 Å². The molecule has 4 nitrogen and oxygen atoms in total. The highest BCUT2D eigenvalue weighted by atomic mass is 35.7. The summed E-state index contributed by atoms with van der Waals surface area (Å²) in [6.45, 7) is 0. The first-order valence-electron chi connectivity index (χ1n) is 3.34. The number of halogens is 1. The van der Waals surface area contributed by atoms with Gasteiger partial charge in [-0.1, -0.05) is 0 Å². The molecule has 0 spiro atoms. The van der Waals surface area contributed by atoms with Gasteiger partial charge in [0, 0.05) is 16.9 Å². The van der Waals surface area contributed by atoms with Crippen molar-refractivity contribution in [2.75, 3.05) is 0 Å². The quantitative estimate of drug-likeness (QED) is 0.561. The molecule has 0 radical (unpaired) electrons. The summed E-state index contributed by atoms with van der Waals surface area (Å²) in [7, 11) is 1.45. The molecule has 0 bridgehead atoms. The monoisotopic (exact) mass is 219 g/mol. The van der Waals surface area contributed by atoms with Crippen molar-refractivity contribution >= 4 is 26.0 Å². The van der Waals surface area contributed by atoms with Gasteiger partial charge >= 0.3 is 0 Å². The Hall–Kier alpha value is -0.940. The van der Waals surface area contributed by atoms with Gasteiger partial charge in [0.2, 0.25) is 9.05 Å². The molecule has 6 heteroatoms. The number of carbonyl (C=O) groups is 1. The number of aromatic nitrogens is 1. The van der Waals surface area contributed by atoms with Gasteiger partial charge in [0.15, 0.2) is 6.29 Å². The molecule has 0 amide bonds. The lowest BCUT2D eigenvalue weighted by molar-refractivity contribution is 0.111. The van der Waals surface area contributed by atoms with Crippen LogP contribution in [0.15, 0.2) is 18.3 Å². The second-order valence-electron chi connectivity index (χ2n) is 2.39. The Kier molecular flexibility index (Phi) is 3.00. The van der Waals surface area contributed by atoms with Gasteiger partial charge in [0.25, 0.3) is 0 Å². The molecule has 0 fully saturated rings. The topological polar surface area (TPSA) is 64.1 Å². The van der Waals surface area contributed by atoms with E-state index in [1.165, 1.54) is 18.3 Å². The molecule has 1 rings (SSSR count). The van der Waals surface area contributed by atoms with E-state index in [1.54, 1.807) is 0 Å². The lowest BCUT2D eigenvalue weighted by atomic mass is 10.2. The SMILES string of the molecule is O=Cc1cc(CS(=O)(=O)Cl)ccn1. The molecule has 0 aliphatic carbocycles. The molecule has 0 aromatic carbocycles. The summed E-state index contributed by atoms with van der Waals surface area (Å²) in [5, 5.41) is 0. The van der Waals surface area contributed by atoms with E-state index in [4.69, 9.17) is 10.7 Å². The predicted octanol–water partition coefficient (Wildman–Crippen LogP) is 0.963. The van der Waals surface area contributed by atoms with Crippen molar-refractivity contribution in [3.8, 4) is 0 Å². The van der Waals surface area contributed by atoms with E-state index >= 15 is 0 Å². The van der Waals surface area contributed by atoms with Crippen molar-refractivity contribution in [3.05, 3.63) is 29.6 Å². The molecule has 70 valence electrons. The molecule has 0 N–H and O–H groups in total. The van der Waals surface area contributed by atoms with E-state index in [0.29, 0.717) is 11.8 Å². The average molecular weight is 220 g/mol. The number of nitrogens with zero attached hydrogens (tertiary/aromatic N) is 1. The Labute approximate surface area is 80.0 Å². The number of carbonyl (C=O) groups excluding carboxylic acids is 1. The average Bonchev–Trinajstić information content (AvgIpc) is 2.01. The van der Waals surface area contributed by atoms with Crippen LogP contribution in [0.5, 0.6) is 0 Å². The van der Waals surface area contributed by atoms with Crippen LogP contribution in [0.2, 0.25) is 0 Å². The fourth-order valence-corrected chi connectivity index (χ4v) is 1.80. The minimum atomic E-state index is -3.57. The van der Waals surface area contributed by atoms with Gasteiger partial charge in [-0.25, -0.2) is 8.42 Å². The molecular formula is C7H6ClNO3S. The lowest BCUT2D eigenvalue weighted by Crippen LogP contribution is -1.97. The Morgan fingerprint density at radius 2 is 2.23 bits per heavy atom. The molecule has 0 saturated carbocycles. The van der Waals surface area contributed by atoms with Gasteiger partial charge in [-0.05, 0) is 17.7 Å². The molecule has 0 saturated heterocycles. The number of hydrogen-bond acceptors (Lipinski definition) is 4. The summed E-state index contributed by atoms with van der Waals surface area (Å²) in [6, 6.07) is 2.87. The van der Waals surface area contributed by atoms with Gasteiger partial charge in [-0.3, -0.25) is 9.78 Å². The molecule has 0 atom stereocenters. The normalized spacial score (nSPS) is 11.2. The highest BCUT2D eigenvalue weighted by molar-refractivity contribution is 8.13. The number of rotatable bonds is 3. The maximum atomic E-state index is 10.7. The Balaban J connectivity index is 2.96. The van der Waals surface area contributed by atoms with Crippen molar-refractivity contribution in [2.45, 2.75) is 5.75 Å². The van der Waals surface area contributed by atoms with Crippen molar-refractivity contribution in [1.82, 2.24) is 4.98 Å². The Morgan fingerprint density at radius 1 is 1.54 bits per heavy atom. The van der Waals surface area contributed by atoms with E-state index in [2.05, 4.69) is 4.98 Å². The summed E-state index contributed by atoms with van der Waals surface area (Å²) in [5.41, 5.74) is 0.643. The summed E-state index contributed by atoms with van der Waals surface area (Å²) < 4.78 is 21.3. The standard InChI is InChI=1S/C7H6ClNO3S/c8-13(11,12)5-6-1-2-9-7(3-6)4-10/h1-4H,5H2. The molecule has 13 heavy (non-hydrogen) atoms. The molecule has 0 unspecified atom stereocenters. The maximum Gasteiger partial charge on any atom is 0.236 e. The van der Waals surface area contributed by atoms with Crippen LogP contribution < -0.4 is 0 Å². The second-order valence-corrected chi connectivity index (χ2v) is 5.17. The first-order valence-corrected chi connectivity index (χ1v) is 5.81. The fourth-order valence-electron chi connectivity index (χ4n) is 0.848. The first kappa shape index (κ1) is 10.1. The molecule has 0 aliphatic rings. The zero-order valence-corrected chi connectivity index (χ0v) is 8.05. The van der Waals surface area contributed by atoms with Gasteiger partial charge < -0.3 is 0 Å². The van der Waals surface area contributed by atoms with Crippen LogP contribution in [0.1, 0.15) is 16.1 Å². The van der Waals surface area contributed by atoms with Crippen LogP contribution >= 0.6 is 10.7 Å². The zero-order chi connectivity index (χ0) is 9.90. The van der Waals surface area contributed by atoms with Gasteiger partial charge in [-0.2, -0.15) is 0 Å². The third-order valence-corrected chi connectivity index (χ3v) is 2.31. The Bertz CT molecular complexity index is 416. The van der Waals surface area contributed by atoms with Crippen molar-refractivity contribution in [1.29, 1.82) is 0 Å². The van der Waals surface area contributed by atoms with E-state index < -0.39 is 9.05 Å². The summed E-state index contributed by atoms with van der Waals surface area (Å²) in [4.78, 5) is 14.0. The van der Waals surface area contributed by atoms with Crippen LogP contribution in [-0.2, 0) is 14.8 Å². The van der Waals surface area contributed by atoms with Crippen LogP contribution in [0.3, 0.4) is 0 Å². The minimum Gasteiger partial charge on any atom is -0.296 e. The third kappa shape index (κ3) is 3.52. The van der Waals surface area contributed by atoms with Crippen LogP contribution in [-0.4, -0.2) is 19.7 Å². The summed E-state index contributed by atoms with van der Waals surface area (Å²) >= 11 is 0. The van der Waals surface area contributed by atoms with Crippen molar-refractivity contribution < 1.29 is 13.2 Å². The second kappa shape index (κ2) is 3.85. The van der Waals surface area contributed by atoms with E-state index in [0.717, 1.165) is 0 Å². The van der Waals surface area contributed by atoms with E-state index in [-0.39, 0.29) is 11.4 Å².